The Morgan fingerprint density at radius 3 is 2.45 bits per heavy atom. The smallest absolute Gasteiger partial charge is 0.132 e. The summed E-state index contributed by atoms with van der Waals surface area (Å²) in [5.74, 6) is -0.930. The van der Waals surface area contributed by atoms with Gasteiger partial charge in [-0.2, -0.15) is 0 Å². The van der Waals surface area contributed by atoms with Crippen LogP contribution in [0, 0.1) is 11.6 Å². The zero-order chi connectivity index (χ0) is 14.7. The van der Waals surface area contributed by atoms with Crippen LogP contribution in [-0.4, -0.2) is 12.2 Å². The standard InChI is InChI=1S/C15H13ClF2O2/c1-20-14-7-3-6-12(18)15(14)13(19)8-9-10(16)4-2-5-11(9)17/h2-7,13,19H,8H2,1H3. The zero-order valence-electron chi connectivity index (χ0n) is 10.7. The van der Waals surface area contributed by atoms with Crippen LogP contribution < -0.4 is 4.74 Å². The lowest BCUT2D eigenvalue weighted by Gasteiger charge is -2.16. The van der Waals surface area contributed by atoms with Gasteiger partial charge in [0.15, 0.2) is 0 Å². The van der Waals surface area contributed by atoms with E-state index in [9.17, 15) is 13.9 Å². The second-order valence-electron chi connectivity index (χ2n) is 4.28. The van der Waals surface area contributed by atoms with Crippen LogP contribution in [0.25, 0.3) is 0 Å². The molecular weight excluding hydrogens is 286 g/mol. The molecular formula is C15H13ClF2O2. The molecule has 0 radical (unpaired) electrons. The molecule has 0 aliphatic heterocycles. The molecule has 0 amide bonds. The van der Waals surface area contributed by atoms with Gasteiger partial charge in [-0.15, -0.1) is 0 Å². The Morgan fingerprint density at radius 1 is 1.15 bits per heavy atom. The first kappa shape index (κ1) is 14.8. The van der Waals surface area contributed by atoms with Crippen LogP contribution in [-0.2, 0) is 6.42 Å². The molecule has 0 aromatic heterocycles. The lowest BCUT2D eigenvalue weighted by atomic mass is 9.99. The largest absolute Gasteiger partial charge is 0.496 e. The van der Waals surface area contributed by atoms with E-state index in [1.807, 2.05) is 0 Å². The first-order valence-corrected chi connectivity index (χ1v) is 6.35. The monoisotopic (exact) mass is 298 g/mol. The van der Waals surface area contributed by atoms with Crippen molar-refractivity contribution in [1.29, 1.82) is 0 Å². The minimum Gasteiger partial charge on any atom is -0.496 e. The Morgan fingerprint density at radius 2 is 1.80 bits per heavy atom. The predicted molar refractivity (Wildman–Crippen MR) is 73.0 cm³/mol. The third-order valence-electron chi connectivity index (χ3n) is 3.03. The van der Waals surface area contributed by atoms with Gasteiger partial charge in [-0.05, 0) is 24.3 Å². The van der Waals surface area contributed by atoms with Gasteiger partial charge in [0.2, 0.25) is 0 Å². The molecule has 2 aromatic rings. The van der Waals surface area contributed by atoms with E-state index in [0.717, 1.165) is 0 Å². The summed E-state index contributed by atoms with van der Waals surface area (Å²) in [7, 11) is 1.38. The van der Waals surface area contributed by atoms with Crippen molar-refractivity contribution < 1.29 is 18.6 Å². The normalized spacial score (nSPS) is 12.2. The van der Waals surface area contributed by atoms with Crippen LogP contribution in [0.1, 0.15) is 17.2 Å². The summed E-state index contributed by atoms with van der Waals surface area (Å²) in [6, 6.07) is 8.45. The van der Waals surface area contributed by atoms with Gasteiger partial charge in [-0.25, -0.2) is 8.78 Å². The Balaban J connectivity index is 2.36. The van der Waals surface area contributed by atoms with E-state index in [1.54, 1.807) is 0 Å². The molecule has 2 aromatic carbocycles. The third-order valence-corrected chi connectivity index (χ3v) is 3.38. The number of aliphatic hydroxyl groups excluding tert-OH is 1. The Bertz CT molecular complexity index is 597. The zero-order valence-corrected chi connectivity index (χ0v) is 11.5. The summed E-state index contributed by atoms with van der Waals surface area (Å²) in [6.07, 6.45) is -1.39. The average molecular weight is 299 g/mol. The lowest BCUT2D eigenvalue weighted by molar-refractivity contribution is 0.167. The maximum Gasteiger partial charge on any atom is 0.132 e. The van der Waals surface area contributed by atoms with Crippen LogP contribution in [0.2, 0.25) is 5.02 Å². The molecule has 20 heavy (non-hydrogen) atoms. The number of halogens is 3. The van der Waals surface area contributed by atoms with Gasteiger partial charge in [0.05, 0.1) is 18.8 Å². The van der Waals surface area contributed by atoms with Gasteiger partial charge in [-0.3, -0.25) is 0 Å². The van der Waals surface area contributed by atoms with Crippen molar-refractivity contribution in [2.24, 2.45) is 0 Å². The van der Waals surface area contributed by atoms with E-state index in [4.69, 9.17) is 16.3 Å². The molecule has 1 unspecified atom stereocenters. The van der Waals surface area contributed by atoms with E-state index in [2.05, 4.69) is 0 Å². The molecule has 0 bridgehead atoms. The molecule has 5 heteroatoms. The van der Waals surface area contributed by atoms with Crippen molar-refractivity contribution in [2.45, 2.75) is 12.5 Å². The van der Waals surface area contributed by atoms with E-state index in [0.29, 0.717) is 0 Å². The van der Waals surface area contributed by atoms with E-state index >= 15 is 0 Å². The number of hydrogen-bond donors (Lipinski definition) is 1. The van der Waals surface area contributed by atoms with Crippen molar-refractivity contribution in [3.8, 4) is 5.75 Å². The highest BCUT2D eigenvalue weighted by molar-refractivity contribution is 6.31. The topological polar surface area (TPSA) is 29.5 Å². The van der Waals surface area contributed by atoms with Crippen LogP contribution in [0.15, 0.2) is 36.4 Å². The van der Waals surface area contributed by atoms with Gasteiger partial charge in [0, 0.05) is 17.0 Å². The minimum absolute atomic E-state index is 0.00526. The van der Waals surface area contributed by atoms with E-state index in [-0.39, 0.29) is 28.3 Å². The molecule has 0 aliphatic carbocycles. The number of methoxy groups -OCH3 is 1. The van der Waals surface area contributed by atoms with Crippen molar-refractivity contribution in [2.75, 3.05) is 7.11 Å². The number of ether oxygens (including phenoxy) is 1. The summed E-state index contributed by atoms with van der Waals surface area (Å²) in [6.45, 7) is 0. The number of hydrogen-bond acceptors (Lipinski definition) is 2. The van der Waals surface area contributed by atoms with Crippen molar-refractivity contribution >= 4 is 11.6 Å². The fraction of sp³-hybridized carbons (Fsp3) is 0.200. The second-order valence-corrected chi connectivity index (χ2v) is 4.68. The van der Waals surface area contributed by atoms with Crippen molar-refractivity contribution in [3.63, 3.8) is 0 Å². The molecule has 106 valence electrons. The van der Waals surface area contributed by atoms with Crippen molar-refractivity contribution in [3.05, 3.63) is 64.2 Å². The number of rotatable bonds is 4. The van der Waals surface area contributed by atoms with Gasteiger partial charge in [-0.1, -0.05) is 23.7 Å². The second kappa shape index (κ2) is 6.20. The summed E-state index contributed by atoms with van der Waals surface area (Å²) in [5, 5.41) is 10.4. The molecule has 0 saturated heterocycles. The van der Waals surface area contributed by atoms with Crippen LogP contribution >= 0.6 is 11.6 Å². The van der Waals surface area contributed by atoms with Gasteiger partial charge >= 0.3 is 0 Å². The van der Waals surface area contributed by atoms with Gasteiger partial charge < -0.3 is 9.84 Å². The summed E-state index contributed by atoms with van der Waals surface area (Å²) >= 11 is 5.90. The highest BCUT2D eigenvalue weighted by Gasteiger charge is 2.21. The lowest BCUT2D eigenvalue weighted by Crippen LogP contribution is -2.08. The summed E-state index contributed by atoms with van der Waals surface area (Å²) in [4.78, 5) is 0. The Kier molecular flexibility index (Phi) is 4.57. The average Bonchev–Trinajstić information content (AvgIpc) is 2.42. The first-order valence-electron chi connectivity index (χ1n) is 5.98. The van der Waals surface area contributed by atoms with Crippen LogP contribution in [0.4, 0.5) is 8.78 Å². The quantitative estimate of drug-likeness (QED) is 0.927. The van der Waals surface area contributed by atoms with Crippen molar-refractivity contribution in [1.82, 2.24) is 0 Å². The fourth-order valence-electron chi connectivity index (χ4n) is 2.04. The van der Waals surface area contributed by atoms with Gasteiger partial charge in [0.1, 0.15) is 17.4 Å². The summed E-state index contributed by atoms with van der Waals surface area (Å²) < 4.78 is 32.5. The fourth-order valence-corrected chi connectivity index (χ4v) is 2.28. The number of benzene rings is 2. The highest BCUT2D eigenvalue weighted by atomic mass is 35.5. The first-order chi connectivity index (χ1) is 9.54. The minimum atomic E-state index is -1.25. The molecule has 1 atom stereocenters. The maximum atomic E-state index is 13.8. The van der Waals surface area contributed by atoms with Crippen LogP contribution in [0.3, 0.4) is 0 Å². The Labute approximate surface area is 120 Å². The molecule has 0 spiro atoms. The summed E-state index contributed by atoms with van der Waals surface area (Å²) in [5.41, 5.74) is 0.140. The molecule has 0 saturated carbocycles. The van der Waals surface area contributed by atoms with Gasteiger partial charge in [0.25, 0.3) is 0 Å². The maximum absolute atomic E-state index is 13.8. The Hall–Kier alpha value is -1.65. The van der Waals surface area contributed by atoms with E-state index < -0.39 is 17.7 Å². The SMILES string of the molecule is COc1cccc(F)c1C(O)Cc1c(F)cccc1Cl. The molecule has 0 aliphatic rings. The number of aliphatic hydroxyl groups is 1. The molecule has 0 heterocycles. The van der Waals surface area contributed by atoms with E-state index in [1.165, 1.54) is 43.5 Å². The molecule has 1 N–H and O–H groups in total. The predicted octanol–water partition coefficient (Wildman–Crippen LogP) is 3.90. The molecule has 2 nitrogen and oxygen atoms in total. The molecule has 2 rings (SSSR count). The highest BCUT2D eigenvalue weighted by Crippen LogP contribution is 2.32. The molecule has 0 fully saturated rings. The third kappa shape index (κ3) is 2.92. The van der Waals surface area contributed by atoms with Crippen LogP contribution in [0.5, 0.6) is 5.75 Å².